The molecule has 0 bridgehead atoms. The molecule has 2 rings (SSSR count). The smallest absolute Gasteiger partial charge is 0.248 e. The van der Waals surface area contributed by atoms with E-state index in [9.17, 15) is 0 Å². The van der Waals surface area contributed by atoms with Gasteiger partial charge < -0.3 is 9.73 Å². The van der Waals surface area contributed by atoms with E-state index in [4.69, 9.17) is 4.42 Å². The fourth-order valence-corrected chi connectivity index (χ4v) is 2.53. The Morgan fingerprint density at radius 2 is 2.17 bits per heavy atom. The van der Waals surface area contributed by atoms with Crippen LogP contribution in [0.3, 0.4) is 0 Å². The highest BCUT2D eigenvalue weighted by Gasteiger charge is 2.11. The average molecular weight is 265 g/mol. The monoisotopic (exact) mass is 265 g/mol. The minimum atomic E-state index is 0.644. The van der Waals surface area contributed by atoms with Crippen LogP contribution in [0.25, 0.3) is 11.5 Å². The van der Waals surface area contributed by atoms with Crippen LogP contribution in [0.5, 0.6) is 0 Å². The molecule has 1 N–H and O–H groups in total. The van der Waals surface area contributed by atoms with Gasteiger partial charge in [0.2, 0.25) is 11.8 Å². The van der Waals surface area contributed by atoms with Gasteiger partial charge in [-0.3, -0.25) is 0 Å². The highest BCUT2D eigenvalue weighted by Crippen LogP contribution is 2.25. The lowest BCUT2D eigenvalue weighted by molar-refractivity contribution is 0.491. The van der Waals surface area contributed by atoms with Crippen LogP contribution in [-0.4, -0.2) is 23.3 Å². The van der Waals surface area contributed by atoms with Gasteiger partial charge in [-0.15, -0.1) is 10.2 Å². The Bertz CT molecular complexity index is 478. The molecule has 2 aromatic heterocycles. The fraction of sp³-hybridized carbons (Fsp3) is 0.538. The second-order valence-corrected chi connectivity index (χ2v) is 5.07. The Hall–Kier alpha value is -1.20. The highest BCUT2D eigenvalue weighted by atomic mass is 32.1. The summed E-state index contributed by atoms with van der Waals surface area (Å²) in [5, 5.41) is 15.7. The molecule has 5 heteroatoms. The van der Waals surface area contributed by atoms with E-state index in [0.29, 0.717) is 5.89 Å². The number of thiophene rings is 1. The molecule has 4 nitrogen and oxygen atoms in total. The summed E-state index contributed by atoms with van der Waals surface area (Å²) in [6, 6.07) is 0. The molecule has 0 saturated carbocycles. The van der Waals surface area contributed by atoms with Gasteiger partial charge in [0.05, 0.1) is 5.56 Å². The zero-order valence-corrected chi connectivity index (χ0v) is 11.7. The van der Waals surface area contributed by atoms with Crippen molar-refractivity contribution in [2.24, 2.45) is 0 Å². The predicted octanol–water partition coefficient (Wildman–Crippen LogP) is 3.04. The van der Waals surface area contributed by atoms with E-state index >= 15 is 0 Å². The third-order valence-corrected chi connectivity index (χ3v) is 3.59. The van der Waals surface area contributed by atoms with Gasteiger partial charge in [-0.2, -0.15) is 11.3 Å². The molecule has 0 saturated heterocycles. The molecular weight excluding hydrogens is 246 g/mol. The first-order valence-corrected chi connectivity index (χ1v) is 7.31. The van der Waals surface area contributed by atoms with E-state index in [1.54, 1.807) is 11.3 Å². The number of hydrogen-bond donors (Lipinski definition) is 1. The van der Waals surface area contributed by atoms with Crippen LogP contribution in [0, 0.1) is 6.92 Å². The Labute approximate surface area is 111 Å². The average Bonchev–Trinajstić information content (AvgIpc) is 2.97. The maximum absolute atomic E-state index is 5.67. The molecule has 0 aliphatic carbocycles. The lowest BCUT2D eigenvalue weighted by atomic mass is 10.2. The molecule has 0 aliphatic heterocycles. The Balaban J connectivity index is 1.85. The molecule has 0 amide bonds. The first kappa shape index (κ1) is 13.2. The second kappa shape index (κ2) is 6.66. The van der Waals surface area contributed by atoms with E-state index < -0.39 is 0 Å². The summed E-state index contributed by atoms with van der Waals surface area (Å²) in [5.74, 6) is 1.37. The van der Waals surface area contributed by atoms with Gasteiger partial charge in [0.25, 0.3) is 0 Å². The third-order valence-electron chi connectivity index (χ3n) is 2.72. The number of aromatic nitrogens is 2. The standard InChI is InChI=1S/C13H19N3OS/c1-3-6-14-7-4-5-12-15-16-13(17-12)11-9-18-8-10(11)2/h8-9,14H,3-7H2,1-2H3. The summed E-state index contributed by atoms with van der Waals surface area (Å²) >= 11 is 1.66. The van der Waals surface area contributed by atoms with Crippen LogP contribution in [-0.2, 0) is 6.42 Å². The van der Waals surface area contributed by atoms with Gasteiger partial charge in [-0.05, 0) is 43.8 Å². The molecule has 0 spiro atoms. The van der Waals surface area contributed by atoms with Crippen molar-refractivity contribution in [2.45, 2.75) is 33.1 Å². The summed E-state index contributed by atoms with van der Waals surface area (Å²) in [5.41, 5.74) is 2.25. The topological polar surface area (TPSA) is 51.0 Å². The zero-order valence-electron chi connectivity index (χ0n) is 10.9. The molecule has 0 fully saturated rings. The lowest BCUT2D eigenvalue weighted by Gasteiger charge is -1.99. The molecule has 0 aromatic carbocycles. The molecule has 18 heavy (non-hydrogen) atoms. The van der Waals surface area contributed by atoms with Crippen LogP contribution in [0.4, 0.5) is 0 Å². The van der Waals surface area contributed by atoms with Crippen LogP contribution in [0.15, 0.2) is 15.2 Å². The SMILES string of the molecule is CCCNCCCc1nnc(-c2cscc2C)o1. The summed E-state index contributed by atoms with van der Waals surface area (Å²) in [6.07, 6.45) is 3.04. The highest BCUT2D eigenvalue weighted by molar-refractivity contribution is 7.08. The van der Waals surface area contributed by atoms with Crippen molar-refractivity contribution in [3.8, 4) is 11.5 Å². The quantitative estimate of drug-likeness (QED) is 0.782. The van der Waals surface area contributed by atoms with E-state index in [1.807, 2.05) is 0 Å². The summed E-state index contributed by atoms with van der Waals surface area (Å²) in [4.78, 5) is 0. The van der Waals surface area contributed by atoms with E-state index in [2.05, 4.69) is 40.1 Å². The van der Waals surface area contributed by atoms with E-state index in [0.717, 1.165) is 37.4 Å². The first-order chi connectivity index (χ1) is 8.81. The maximum atomic E-state index is 5.67. The van der Waals surface area contributed by atoms with E-state index in [-0.39, 0.29) is 0 Å². The van der Waals surface area contributed by atoms with Gasteiger partial charge in [-0.1, -0.05) is 6.92 Å². The zero-order chi connectivity index (χ0) is 12.8. The molecule has 0 unspecified atom stereocenters. The van der Waals surface area contributed by atoms with Gasteiger partial charge in [0, 0.05) is 11.8 Å². The van der Waals surface area contributed by atoms with Crippen molar-refractivity contribution < 1.29 is 4.42 Å². The van der Waals surface area contributed by atoms with Gasteiger partial charge >= 0.3 is 0 Å². The van der Waals surface area contributed by atoms with Gasteiger partial charge in [-0.25, -0.2) is 0 Å². The predicted molar refractivity (Wildman–Crippen MR) is 73.8 cm³/mol. The Kier molecular flexibility index (Phi) is 4.90. The van der Waals surface area contributed by atoms with Crippen molar-refractivity contribution in [2.75, 3.05) is 13.1 Å². The Morgan fingerprint density at radius 3 is 2.89 bits per heavy atom. The van der Waals surface area contributed by atoms with Crippen molar-refractivity contribution >= 4 is 11.3 Å². The summed E-state index contributed by atoms with van der Waals surface area (Å²) < 4.78 is 5.67. The second-order valence-electron chi connectivity index (χ2n) is 4.32. The van der Waals surface area contributed by atoms with Crippen molar-refractivity contribution in [3.05, 3.63) is 22.2 Å². The number of aryl methyl sites for hydroxylation is 2. The number of rotatable bonds is 7. The van der Waals surface area contributed by atoms with Crippen LogP contribution in [0.2, 0.25) is 0 Å². The molecule has 2 heterocycles. The van der Waals surface area contributed by atoms with Crippen LogP contribution in [0.1, 0.15) is 31.2 Å². The molecule has 98 valence electrons. The molecule has 2 aromatic rings. The molecule has 0 radical (unpaired) electrons. The molecular formula is C13H19N3OS. The molecule has 0 aliphatic rings. The Morgan fingerprint density at radius 1 is 1.28 bits per heavy atom. The third kappa shape index (κ3) is 3.40. The van der Waals surface area contributed by atoms with Crippen molar-refractivity contribution in [3.63, 3.8) is 0 Å². The van der Waals surface area contributed by atoms with Crippen LogP contribution < -0.4 is 5.32 Å². The van der Waals surface area contributed by atoms with Gasteiger partial charge in [0.1, 0.15) is 0 Å². The number of hydrogen-bond acceptors (Lipinski definition) is 5. The minimum Gasteiger partial charge on any atom is -0.421 e. The van der Waals surface area contributed by atoms with Crippen molar-refractivity contribution in [1.29, 1.82) is 0 Å². The largest absolute Gasteiger partial charge is 0.421 e. The minimum absolute atomic E-state index is 0.644. The number of nitrogens with zero attached hydrogens (tertiary/aromatic N) is 2. The van der Waals surface area contributed by atoms with Crippen molar-refractivity contribution in [1.82, 2.24) is 15.5 Å². The summed E-state index contributed by atoms with van der Waals surface area (Å²) in [6.45, 7) is 6.30. The van der Waals surface area contributed by atoms with E-state index in [1.165, 1.54) is 12.0 Å². The fourth-order valence-electron chi connectivity index (χ4n) is 1.71. The normalized spacial score (nSPS) is 11.0. The van der Waals surface area contributed by atoms with Crippen LogP contribution >= 0.6 is 11.3 Å². The number of nitrogens with one attached hydrogen (secondary N) is 1. The lowest BCUT2D eigenvalue weighted by Crippen LogP contribution is -2.16. The van der Waals surface area contributed by atoms with Gasteiger partial charge in [0.15, 0.2) is 0 Å². The first-order valence-electron chi connectivity index (χ1n) is 6.37. The molecule has 0 atom stereocenters. The maximum Gasteiger partial charge on any atom is 0.248 e. The summed E-state index contributed by atoms with van der Waals surface area (Å²) in [7, 11) is 0.